The van der Waals surface area contributed by atoms with Gasteiger partial charge in [0.25, 0.3) is 0 Å². The van der Waals surface area contributed by atoms with E-state index in [-0.39, 0.29) is 18.4 Å². The maximum absolute atomic E-state index is 12.1. The number of carbonyl (C=O) groups excluding carboxylic acids is 2. The van der Waals surface area contributed by atoms with Crippen molar-refractivity contribution in [2.45, 2.75) is 12.8 Å². The highest BCUT2D eigenvalue weighted by molar-refractivity contribution is 6.33. The topological polar surface area (TPSA) is 79.3 Å². The summed E-state index contributed by atoms with van der Waals surface area (Å²) in [5, 5.41) is 10.2. The Morgan fingerprint density at radius 2 is 2.28 bits per heavy atom. The molecule has 25 heavy (non-hydrogen) atoms. The molecule has 1 aliphatic heterocycles. The number of hydrogen-bond donors (Lipinski definition) is 2. The molecule has 1 aromatic heterocycles. The third-order valence-electron chi connectivity index (χ3n) is 4.01. The van der Waals surface area contributed by atoms with Gasteiger partial charge in [-0.2, -0.15) is 5.10 Å². The van der Waals surface area contributed by atoms with Crippen molar-refractivity contribution in [2.75, 3.05) is 29.9 Å². The Morgan fingerprint density at radius 1 is 1.44 bits per heavy atom. The van der Waals surface area contributed by atoms with Gasteiger partial charge in [0.15, 0.2) is 0 Å². The van der Waals surface area contributed by atoms with Crippen LogP contribution in [0.3, 0.4) is 0 Å². The minimum Gasteiger partial charge on any atom is -0.359 e. The summed E-state index contributed by atoms with van der Waals surface area (Å²) in [4.78, 5) is 25.5. The third kappa shape index (κ3) is 4.51. The Morgan fingerprint density at radius 3 is 2.96 bits per heavy atom. The van der Waals surface area contributed by atoms with E-state index in [9.17, 15) is 9.59 Å². The molecular formula is C17H20ClN5O2. The van der Waals surface area contributed by atoms with Gasteiger partial charge in [0.1, 0.15) is 0 Å². The number of nitrogens with zero attached hydrogens (tertiary/aromatic N) is 3. The number of nitrogens with one attached hydrogen (secondary N) is 2. The van der Waals surface area contributed by atoms with Gasteiger partial charge >= 0.3 is 0 Å². The van der Waals surface area contributed by atoms with Crippen LogP contribution in [0, 0.1) is 0 Å². The van der Waals surface area contributed by atoms with Crippen molar-refractivity contribution in [2.24, 2.45) is 7.05 Å². The van der Waals surface area contributed by atoms with Gasteiger partial charge in [-0.3, -0.25) is 14.3 Å². The summed E-state index contributed by atoms with van der Waals surface area (Å²) < 4.78 is 1.71. The summed E-state index contributed by atoms with van der Waals surface area (Å²) >= 11 is 6.33. The van der Waals surface area contributed by atoms with Gasteiger partial charge in [-0.05, 0) is 30.2 Å². The maximum Gasteiger partial charge on any atom is 0.239 e. The molecule has 3 rings (SSSR count). The fourth-order valence-electron chi connectivity index (χ4n) is 2.77. The number of anilines is 2. The standard InChI is InChI=1S/C17H20ClN5O2/c1-22-10-12(9-20-22)2-5-16(24)21-13-3-4-15(14(18)8-13)23-7-6-19-17(25)11-23/h3-4,8-10H,2,5-7,11H2,1H3,(H,19,25)(H,21,24). The molecule has 7 nitrogen and oxygen atoms in total. The van der Waals surface area contributed by atoms with Gasteiger partial charge in [-0.1, -0.05) is 11.6 Å². The van der Waals surface area contributed by atoms with Crippen molar-refractivity contribution < 1.29 is 9.59 Å². The lowest BCUT2D eigenvalue weighted by Crippen LogP contribution is -2.47. The molecule has 0 unspecified atom stereocenters. The van der Waals surface area contributed by atoms with E-state index in [0.717, 1.165) is 11.3 Å². The fraction of sp³-hybridized carbons (Fsp3) is 0.353. The number of carbonyl (C=O) groups is 2. The first kappa shape index (κ1) is 17.3. The Hall–Kier alpha value is -2.54. The van der Waals surface area contributed by atoms with Gasteiger partial charge in [-0.25, -0.2) is 0 Å². The molecule has 2 heterocycles. The van der Waals surface area contributed by atoms with Crippen LogP contribution < -0.4 is 15.5 Å². The normalized spacial score (nSPS) is 14.3. The van der Waals surface area contributed by atoms with Crippen molar-refractivity contribution >= 4 is 34.8 Å². The lowest BCUT2D eigenvalue weighted by molar-refractivity contribution is -0.120. The zero-order valence-electron chi connectivity index (χ0n) is 14.0. The minimum atomic E-state index is -0.0787. The number of rotatable bonds is 5. The molecule has 0 aliphatic carbocycles. The van der Waals surface area contributed by atoms with E-state index in [1.807, 2.05) is 24.2 Å². The summed E-state index contributed by atoms with van der Waals surface area (Å²) in [5.74, 6) is -0.0971. The smallest absolute Gasteiger partial charge is 0.239 e. The molecule has 1 saturated heterocycles. The number of aromatic nitrogens is 2. The largest absolute Gasteiger partial charge is 0.359 e. The second-order valence-electron chi connectivity index (χ2n) is 6.01. The van der Waals surface area contributed by atoms with E-state index in [1.54, 1.807) is 23.0 Å². The first-order valence-corrected chi connectivity index (χ1v) is 8.47. The van der Waals surface area contributed by atoms with Crippen LogP contribution in [0.2, 0.25) is 5.02 Å². The average Bonchev–Trinajstić information content (AvgIpc) is 2.98. The van der Waals surface area contributed by atoms with Crippen molar-refractivity contribution in [1.82, 2.24) is 15.1 Å². The van der Waals surface area contributed by atoms with Crippen molar-refractivity contribution in [3.8, 4) is 0 Å². The van der Waals surface area contributed by atoms with Crippen LogP contribution >= 0.6 is 11.6 Å². The summed E-state index contributed by atoms with van der Waals surface area (Å²) in [6.45, 7) is 1.60. The van der Waals surface area contributed by atoms with Crippen LogP contribution in [-0.2, 0) is 23.1 Å². The predicted octanol–water partition coefficient (Wildman–Crippen LogP) is 1.58. The highest BCUT2D eigenvalue weighted by Crippen LogP contribution is 2.29. The Kier molecular flexibility index (Phi) is 5.23. The molecular weight excluding hydrogens is 342 g/mol. The monoisotopic (exact) mass is 361 g/mol. The fourth-order valence-corrected chi connectivity index (χ4v) is 3.07. The maximum atomic E-state index is 12.1. The van der Waals surface area contributed by atoms with E-state index in [0.29, 0.717) is 36.6 Å². The van der Waals surface area contributed by atoms with Gasteiger partial charge in [0.05, 0.1) is 23.5 Å². The molecule has 0 spiro atoms. The zero-order valence-corrected chi connectivity index (χ0v) is 14.7. The minimum absolute atomic E-state index is 0.0184. The summed E-state index contributed by atoms with van der Waals surface area (Å²) in [7, 11) is 1.85. The zero-order chi connectivity index (χ0) is 17.8. The molecule has 0 bridgehead atoms. The Balaban J connectivity index is 1.58. The van der Waals surface area contributed by atoms with Gasteiger partial charge in [0.2, 0.25) is 11.8 Å². The third-order valence-corrected chi connectivity index (χ3v) is 4.31. The molecule has 1 aliphatic rings. The molecule has 1 aromatic carbocycles. The van der Waals surface area contributed by atoms with Gasteiger partial charge in [-0.15, -0.1) is 0 Å². The number of hydrogen-bond acceptors (Lipinski definition) is 4. The van der Waals surface area contributed by atoms with Crippen LogP contribution in [0.1, 0.15) is 12.0 Å². The summed E-state index contributed by atoms with van der Waals surface area (Å²) in [6.07, 6.45) is 4.66. The summed E-state index contributed by atoms with van der Waals surface area (Å²) in [5.41, 5.74) is 2.46. The lowest BCUT2D eigenvalue weighted by atomic mass is 10.2. The first-order valence-electron chi connectivity index (χ1n) is 8.10. The molecule has 8 heteroatoms. The second-order valence-corrected chi connectivity index (χ2v) is 6.42. The van der Waals surface area contributed by atoms with Crippen LogP contribution in [0.25, 0.3) is 0 Å². The first-order chi connectivity index (χ1) is 12.0. The molecule has 0 radical (unpaired) electrons. The van der Waals surface area contributed by atoms with E-state index >= 15 is 0 Å². The van der Waals surface area contributed by atoms with Crippen LogP contribution in [-0.4, -0.2) is 41.2 Å². The number of halogens is 1. The molecule has 1 fully saturated rings. The number of benzene rings is 1. The van der Waals surface area contributed by atoms with Crippen molar-refractivity contribution in [3.63, 3.8) is 0 Å². The molecule has 0 saturated carbocycles. The van der Waals surface area contributed by atoms with Crippen LogP contribution in [0.15, 0.2) is 30.6 Å². The SMILES string of the molecule is Cn1cc(CCC(=O)Nc2ccc(N3CCNC(=O)C3)c(Cl)c2)cn1. The molecule has 2 N–H and O–H groups in total. The van der Waals surface area contributed by atoms with Gasteiger partial charge < -0.3 is 15.5 Å². The van der Waals surface area contributed by atoms with E-state index in [4.69, 9.17) is 11.6 Å². The lowest BCUT2D eigenvalue weighted by Gasteiger charge is -2.29. The molecule has 132 valence electrons. The Bertz CT molecular complexity index is 789. The molecule has 2 amide bonds. The average molecular weight is 362 g/mol. The predicted molar refractivity (Wildman–Crippen MR) is 96.8 cm³/mol. The highest BCUT2D eigenvalue weighted by atomic mass is 35.5. The quantitative estimate of drug-likeness (QED) is 0.847. The van der Waals surface area contributed by atoms with Crippen LogP contribution in [0.5, 0.6) is 0 Å². The second kappa shape index (κ2) is 7.57. The van der Waals surface area contributed by atoms with Crippen molar-refractivity contribution in [3.05, 3.63) is 41.2 Å². The van der Waals surface area contributed by atoms with Crippen LogP contribution in [0.4, 0.5) is 11.4 Å². The number of piperazine rings is 1. The molecule has 2 aromatic rings. The Labute approximate surface area is 150 Å². The number of aryl methyl sites for hydroxylation is 2. The van der Waals surface area contributed by atoms with Gasteiger partial charge in [0, 0.05) is 38.4 Å². The summed E-state index contributed by atoms with van der Waals surface area (Å²) in [6, 6.07) is 5.35. The number of amides is 2. The molecule has 0 atom stereocenters. The van der Waals surface area contributed by atoms with E-state index in [1.165, 1.54) is 0 Å². The van der Waals surface area contributed by atoms with E-state index < -0.39 is 0 Å². The van der Waals surface area contributed by atoms with E-state index in [2.05, 4.69) is 15.7 Å². The highest BCUT2D eigenvalue weighted by Gasteiger charge is 2.18. The van der Waals surface area contributed by atoms with Crippen molar-refractivity contribution in [1.29, 1.82) is 0 Å².